The minimum atomic E-state index is 0.620. The third-order valence-corrected chi connectivity index (χ3v) is 2.94. The minimum absolute atomic E-state index is 0.620. The number of nitrogens with zero attached hydrogens (tertiary/aromatic N) is 5. The fourth-order valence-electron chi connectivity index (χ4n) is 2.03. The van der Waals surface area contributed by atoms with E-state index in [0.717, 1.165) is 16.8 Å². The third kappa shape index (κ3) is 1.71. The van der Waals surface area contributed by atoms with Crippen molar-refractivity contribution < 1.29 is 4.63 Å². The molecule has 0 aliphatic rings. The smallest absolute Gasteiger partial charge is 0.219 e. The maximum Gasteiger partial charge on any atom is 0.219 e. The van der Waals surface area contributed by atoms with Crippen molar-refractivity contribution in [1.82, 2.24) is 19.6 Å². The molecule has 4 aromatic rings. The van der Waals surface area contributed by atoms with Crippen LogP contribution in [0.5, 0.6) is 0 Å². The van der Waals surface area contributed by atoms with Gasteiger partial charge in [-0.25, -0.2) is 4.98 Å². The monoisotopic (exact) mass is 259 g/mol. The van der Waals surface area contributed by atoms with Gasteiger partial charge in [0.15, 0.2) is 5.65 Å². The number of rotatable bonds is 0. The van der Waals surface area contributed by atoms with E-state index in [-0.39, 0.29) is 0 Å². The van der Waals surface area contributed by atoms with E-state index in [9.17, 15) is 0 Å². The summed E-state index contributed by atoms with van der Waals surface area (Å²) in [5.41, 5.74) is 3.21. The van der Waals surface area contributed by atoms with E-state index in [0.29, 0.717) is 5.65 Å². The molecule has 0 amide bonds. The Balaban J connectivity index is 1.80. The molecule has 3 aromatic heterocycles. The van der Waals surface area contributed by atoms with Crippen molar-refractivity contribution in [2.24, 2.45) is 0 Å². The van der Waals surface area contributed by atoms with Crippen LogP contribution in [-0.2, 0) is 0 Å². The number of benzene rings is 1. The molecule has 0 unspecified atom stereocenters. The largest absolute Gasteiger partial charge is 0.361 e. The summed E-state index contributed by atoms with van der Waals surface area (Å²) in [6, 6.07) is 9.88. The molecular weight excluding hydrogens is 250 g/mol. The highest BCUT2D eigenvalue weighted by molar-refractivity contribution is 5.62. The standard InChI is InChI=1S/C15H9N5/c1-2-4-12(5-3-1)6-7-13-10-19-15-14(16-8-9-17-15)18-20(19)11-13/h1-5,8-11H. The summed E-state index contributed by atoms with van der Waals surface area (Å²) in [5.74, 6) is 6.24. The summed E-state index contributed by atoms with van der Waals surface area (Å²) in [4.78, 5) is 8.43. The summed E-state index contributed by atoms with van der Waals surface area (Å²) in [6.07, 6.45) is 7.05. The highest BCUT2D eigenvalue weighted by Crippen LogP contribution is 2.03. The molecule has 0 radical (unpaired) electrons. The maximum absolute atomic E-state index is 4.33. The fraction of sp³-hybridized carbons (Fsp3) is 0. The molecule has 0 bridgehead atoms. The molecule has 0 aliphatic heterocycles. The first-order chi connectivity index (χ1) is 9.90. The average molecular weight is 259 g/mol. The quantitative estimate of drug-likeness (QED) is 0.347. The van der Waals surface area contributed by atoms with Gasteiger partial charge in [-0.2, -0.15) is 4.52 Å². The Kier molecular flexibility index (Phi) is 2.27. The van der Waals surface area contributed by atoms with Crippen LogP contribution in [0.4, 0.5) is 0 Å². The van der Waals surface area contributed by atoms with Gasteiger partial charge in [-0.3, -0.25) is 0 Å². The molecule has 1 aromatic carbocycles. The lowest BCUT2D eigenvalue weighted by atomic mass is 10.2. The Bertz CT molecular complexity index is 953. The third-order valence-electron chi connectivity index (χ3n) is 2.94. The lowest BCUT2D eigenvalue weighted by Gasteiger charge is -1.88. The second-order valence-corrected chi connectivity index (χ2v) is 4.30. The molecule has 0 saturated heterocycles. The van der Waals surface area contributed by atoms with E-state index in [1.165, 1.54) is 0 Å². The molecule has 0 saturated carbocycles. The van der Waals surface area contributed by atoms with Crippen LogP contribution in [0.25, 0.3) is 11.3 Å². The Morgan fingerprint density at radius 2 is 1.80 bits per heavy atom. The van der Waals surface area contributed by atoms with Crippen molar-refractivity contribution in [3.8, 4) is 11.8 Å². The SMILES string of the molecule is C(#Cc1cn2c3nccnc3[n-][n+]2c1)c1ccccc1. The molecule has 20 heavy (non-hydrogen) atoms. The van der Waals surface area contributed by atoms with Crippen molar-refractivity contribution in [1.29, 1.82) is 0 Å². The molecular formula is C15H9N5. The zero-order chi connectivity index (χ0) is 13.4. The molecule has 0 fully saturated rings. The second-order valence-electron chi connectivity index (χ2n) is 4.30. The van der Waals surface area contributed by atoms with Crippen molar-refractivity contribution in [2.75, 3.05) is 0 Å². The first-order valence-electron chi connectivity index (χ1n) is 6.15. The molecule has 3 heterocycles. The fourth-order valence-corrected chi connectivity index (χ4v) is 2.03. The van der Waals surface area contributed by atoms with Gasteiger partial charge >= 0.3 is 0 Å². The summed E-state index contributed by atoms with van der Waals surface area (Å²) in [7, 11) is 0. The number of fused-ring (bicyclic) bond motifs is 3. The van der Waals surface area contributed by atoms with Gasteiger partial charge in [-0.05, 0) is 18.3 Å². The first-order valence-corrected chi connectivity index (χ1v) is 6.15. The Morgan fingerprint density at radius 3 is 2.70 bits per heavy atom. The van der Waals surface area contributed by atoms with Gasteiger partial charge < -0.3 is 4.98 Å². The molecule has 94 valence electrons. The van der Waals surface area contributed by atoms with Crippen LogP contribution in [0.2, 0.25) is 0 Å². The molecule has 0 N–H and O–H groups in total. The zero-order valence-corrected chi connectivity index (χ0v) is 10.4. The molecule has 0 aliphatic carbocycles. The van der Waals surface area contributed by atoms with Crippen LogP contribution in [0.1, 0.15) is 11.1 Å². The zero-order valence-electron chi connectivity index (χ0n) is 10.4. The van der Waals surface area contributed by atoms with Crippen molar-refractivity contribution in [3.63, 3.8) is 0 Å². The number of hydrogen-bond donors (Lipinski definition) is 0. The highest BCUT2D eigenvalue weighted by Gasteiger charge is 2.07. The summed E-state index contributed by atoms with van der Waals surface area (Å²) in [5, 5.41) is 4.33. The van der Waals surface area contributed by atoms with E-state index >= 15 is 0 Å². The summed E-state index contributed by atoms with van der Waals surface area (Å²) < 4.78 is 3.52. The van der Waals surface area contributed by atoms with Crippen LogP contribution in [0.15, 0.2) is 55.1 Å². The van der Waals surface area contributed by atoms with E-state index < -0.39 is 0 Å². The normalized spacial score (nSPS) is 10.6. The van der Waals surface area contributed by atoms with Gasteiger partial charge in [0.2, 0.25) is 6.20 Å². The van der Waals surface area contributed by atoms with Crippen LogP contribution >= 0.6 is 0 Å². The Hall–Kier alpha value is -3.13. The summed E-state index contributed by atoms with van der Waals surface area (Å²) in [6.45, 7) is 0. The van der Waals surface area contributed by atoms with Crippen LogP contribution in [0.3, 0.4) is 0 Å². The Morgan fingerprint density at radius 1 is 1.00 bits per heavy atom. The van der Waals surface area contributed by atoms with Gasteiger partial charge in [-0.1, -0.05) is 34.7 Å². The second kappa shape index (κ2) is 4.21. The van der Waals surface area contributed by atoms with E-state index in [1.54, 1.807) is 17.0 Å². The van der Waals surface area contributed by atoms with E-state index in [4.69, 9.17) is 0 Å². The Labute approximate surface area is 114 Å². The van der Waals surface area contributed by atoms with Gasteiger partial charge in [0, 0.05) is 18.0 Å². The van der Waals surface area contributed by atoms with Gasteiger partial charge in [-0.15, -0.1) is 5.10 Å². The summed E-state index contributed by atoms with van der Waals surface area (Å²) >= 11 is 0. The minimum Gasteiger partial charge on any atom is -0.361 e. The average Bonchev–Trinajstić information content (AvgIpc) is 3.03. The van der Waals surface area contributed by atoms with Crippen LogP contribution < -0.4 is 9.73 Å². The molecule has 4 rings (SSSR count). The van der Waals surface area contributed by atoms with Crippen LogP contribution in [-0.4, -0.2) is 14.5 Å². The maximum atomic E-state index is 4.33. The molecule has 5 nitrogen and oxygen atoms in total. The molecule has 0 spiro atoms. The highest BCUT2D eigenvalue weighted by atomic mass is 15.5. The first kappa shape index (κ1) is 10.8. The van der Waals surface area contributed by atoms with E-state index in [2.05, 4.69) is 26.9 Å². The molecule has 5 heteroatoms. The predicted molar refractivity (Wildman–Crippen MR) is 71.9 cm³/mol. The van der Waals surface area contributed by atoms with Crippen molar-refractivity contribution >= 4 is 11.3 Å². The molecule has 0 atom stereocenters. The van der Waals surface area contributed by atoms with E-state index in [1.807, 2.05) is 47.2 Å². The topological polar surface area (TPSA) is 48.4 Å². The number of hydrogen-bond acceptors (Lipinski definition) is 2. The van der Waals surface area contributed by atoms with Crippen molar-refractivity contribution in [2.45, 2.75) is 0 Å². The lowest BCUT2D eigenvalue weighted by molar-refractivity contribution is -0.674. The van der Waals surface area contributed by atoms with Gasteiger partial charge in [0.1, 0.15) is 5.65 Å². The predicted octanol–water partition coefficient (Wildman–Crippen LogP) is 0.825. The van der Waals surface area contributed by atoms with Crippen molar-refractivity contribution in [3.05, 3.63) is 66.2 Å². The lowest BCUT2D eigenvalue weighted by Crippen LogP contribution is -2.28. The van der Waals surface area contributed by atoms with Gasteiger partial charge in [0.05, 0.1) is 5.56 Å². The van der Waals surface area contributed by atoms with Gasteiger partial charge in [0.25, 0.3) is 0 Å². The van der Waals surface area contributed by atoms with Crippen LogP contribution in [0, 0.1) is 11.8 Å². The number of aromatic nitrogens is 5.